The van der Waals surface area contributed by atoms with Crippen LogP contribution in [0, 0.1) is 6.92 Å². The summed E-state index contributed by atoms with van der Waals surface area (Å²) in [6.45, 7) is 2.02. The van der Waals surface area contributed by atoms with Gasteiger partial charge in [-0.2, -0.15) is 0 Å². The molecule has 2 rings (SSSR count). The van der Waals surface area contributed by atoms with Crippen LogP contribution in [0.25, 0.3) is 11.0 Å². The number of anilines is 1. The fourth-order valence-electron chi connectivity index (χ4n) is 1.19. The molecule has 0 fully saturated rings. The molecule has 3 N–H and O–H groups in total. The van der Waals surface area contributed by atoms with E-state index in [0.29, 0.717) is 5.69 Å². The molecule has 0 aromatic carbocycles. The van der Waals surface area contributed by atoms with Crippen molar-refractivity contribution >= 4 is 32.7 Å². The van der Waals surface area contributed by atoms with Gasteiger partial charge in [0.15, 0.2) is 0 Å². The van der Waals surface area contributed by atoms with Gasteiger partial charge in [-0.3, -0.25) is 4.98 Å². The van der Waals surface area contributed by atoms with Gasteiger partial charge in [-0.05, 0) is 28.4 Å². The highest BCUT2D eigenvalue weighted by Crippen LogP contribution is 2.25. The van der Waals surface area contributed by atoms with Gasteiger partial charge in [0, 0.05) is 16.9 Å². The number of nitrogen functional groups attached to an aromatic ring is 1. The average molecular weight is 226 g/mol. The molecule has 0 saturated carbocycles. The third-order valence-electron chi connectivity index (χ3n) is 1.92. The first-order chi connectivity index (χ1) is 5.70. The molecular weight excluding hydrogens is 218 g/mol. The van der Waals surface area contributed by atoms with Crippen LogP contribution < -0.4 is 5.73 Å². The molecule has 2 aromatic heterocycles. The third kappa shape index (κ3) is 0.914. The van der Waals surface area contributed by atoms with Crippen molar-refractivity contribution in [1.29, 1.82) is 0 Å². The SMILES string of the molecule is Cc1c(Br)cnc2c(N)c[nH]c12. The lowest BCUT2D eigenvalue weighted by Gasteiger charge is -1.98. The number of rotatable bonds is 0. The van der Waals surface area contributed by atoms with E-state index in [1.807, 2.05) is 6.92 Å². The molecule has 0 saturated heterocycles. The smallest absolute Gasteiger partial charge is 0.111 e. The van der Waals surface area contributed by atoms with Crippen molar-refractivity contribution in [3.63, 3.8) is 0 Å². The highest BCUT2D eigenvalue weighted by atomic mass is 79.9. The molecule has 12 heavy (non-hydrogen) atoms. The summed E-state index contributed by atoms with van der Waals surface area (Å²) in [4.78, 5) is 7.28. The molecule has 0 atom stereocenters. The molecule has 0 aliphatic carbocycles. The fraction of sp³-hybridized carbons (Fsp3) is 0.125. The van der Waals surface area contributed by atoms with E-state index < -0.39 is 0 Å². The summed E-state index contributed by atoms with van der Waals surface area (Å²) in [6, 6.07) is 0. The molecule has 0 spiro atoms. The monoisotopic (exact) mass is 225 g/mol. The van der Waals surface area contributed by atoms with Gasteiger partial charge in [-0.1, -0.05) is 0 Å². The summed E-state index contributed by atoms with van der Waals surface area (Å²) in [6.07, 6.45) is 3.53. The van der Waals surface area contributed by atoms with Gasteiger partial charge in [0.25, 0.3) is 0 Å². The van der Waals surface area contributed by atoms with Crippen molar-refractivity contribution in [1.82, 2.24) is 9.97 Å². The van der Waals surface area contributed by atoms with Crippen molar-refractivity contribution in [3.05, 3.63) is 22.4 Å². The van der Waals surface area contributed by atoms with Crippen LogP contribution in [0.4, 0.5) is 5.69 Å². The molecule has 2 heterocycles. The van der Waals surface area contributed by atoms with Crippen LogP contribution >= 0.6 is 15.9 Å². The number of aryl methyl sites for hydroxylation is 1. The summed E-state index contributed by atoms with van der Waals surface area (Å²) in [5, 5.41) is 0. The summed E-state index contributed by atoms with van der Waals surface area (Å²) >= 11 is 3.40. The van der Waals surface area contributed by atoms with E-state index in [0.717, 1.165) is 21.1 Å². The number of H-pyrrole nitrogens is 1. The first-order valence-electron chi connectivity index (χ1n) is 3.58. The number of halogens is 1. The Balaban J connectivity index is 2.93. The van der Waals surface area contributed by atoms with Crippen LogP contribution in [0.2, 0.25) is 0 Å². The minimum absolute atomic E-state index is 0.695. The molecule has 0 bridgehead atoms. The van der Waals surface area contributed by atoms with Crippen LogP contribution in [-0.2, 0) is 0 Å². The Morgan fingerprint density at radius 1 is 1.58 bits per heavy atom. The van der Waals surface area contributed by atoms with E-state index in [9.17, 15) is 0 Å². The molecule has 3 nitrogen and oxygen atoms in total. The highest BCUT2D eigenvalue weighted by Gasteiger charge is 2.05. The predicted molar refractivity (Wildman–Crippen MR) is 52.9 cm³/mol. The molecule has 0 amide bonds. The number of hydrogen-bond donors (Lipinski definition) is 2. The Morgan fingerprint density at radius 2 is 2.33 bits per heavy atom. The van der Waals surface area contributed by atoms with Gasteiger partial charge < -0.3 is 10.7 Å². The topological polar surface area (TPSA) is 54.7 Å². The standard InChI is InChI=1S/C8H8BrN3/c1-4-5(9)2-11-8-6(10)3-12-7(4)8/h2-3,12H,10H2,1H3. The average Bonchev–Trinajstić information content (AvgIpc) is 2.41. The highest BCUT2D eigenvalue weighted by molar-refractivity contribution is 9.10. The van der Waals surface area contributed by atoms with Crippen LogP contribution in [0.15, 0.2) is 16.9 Å². The van der Waals surface area contributed by atoms with Crippen LogP contribution in [-0.4, -0.2) is 9.97 Å². The first-order valence-corrected chi connectivity index (χ1v) is 4.37. The zero-order valence-corrected chi connectivity index (χ0v) is 8.14. The zero-order chi connectivity index (χ0) is 8.72. The van der Waals surface area contributed by atoms with Gasteiger partial charge in [-0.25, -0.2) is 0 Å². The van der Waals surface area contributed by atoms with E-state index in [-0.39, 0.29) is 0 Å². The number of aromatic amines is 1. The Morgan fingerprint density at radius 3 is 3.08 bits per heavy atom. The zero-order valence-electron chi connectivity index (χ0n) is 6.56. The Bertz CT molecular complexity index is 433. The quantitative estimate of drug-likeness (QED) is 0.723. The number of aromatic nitrogens is 2. The second kappa shape index (κ2) is 2.48. The van der Waals surface area contributed by atoms with Gasteiger partial charge in [0.05, 0.1) is 11.2 Å². The summed E-state index contributed by atoms with van der Waals surface area (Å²) in [7, 11) is 0. The lowest BCUT2D eigenvalue weighted by molar-refractivity contribution is 1.32. The van der Waals surface area contributed by atoms with Crippen molar-refractivity contribution in [2.45, 2.75) is 6.92 Å². The number of nitrogens with two attached hydrogens (primary N) is 1. The van der Waals surface area contributed by atoms with E-state index in [1.165, 1.54) is 0 Å². The Labute approximate surface area is 78.1 Å². The molecule has 2 aromatic rings. The second-order valence-corrected chi connectivity index (χ2v) is 3.55. The molecule has 0 aliphatic rings. The second-order valence-electron chi connectivity index (χ2n) is 2.70. The van der Waals surface area contributed by atoms with E-state index in [4.69, 9.17) is 5.73 Å². The van der Waals surface area contributed by atoms with Gasteiger partial charge in [0.1, 0.15) is 5.52 Å². The predicted octanol–water partition coefficient (Wildman–Crippen LogP) is 2.22. The Kier molecular flexibility index (Phi) is 1.58. The summed E-state index contributed by atoms with van der Waals surface area (Å²) < 4.78 is 0.997. The van der Waals surface area contributed by atoms with Crippen LogP contribution in [0.5, 0.6) is 0 Å². The number of hydrogen-bond acceptors (Lipinski definition) is 2. The lowest BCUT2D eigenvalue weighted by Crippen LogP contribution is -1.85. The Hall–Kier alpha value is -1.03. The normalized spacial score (nSPS) is 10.8. The molecule has 4 heteroatoms. The van der Waals surface area contributed by atoms with Crippen molar-refractivity contribution < 1.29 is 0 Å². The molecule has 0 radical (unpaired) electrons. The number of nitrogens with zero attached hydrogens (tertiary/aromatic N) is 1. The van der Waals surface area contributed by atoms with Crippen molar-refractivity contribution in [3.8, 4) is 0 Å². The molecular formula is C8H8BrN3. The fourth-order valence-corrected chi connectivity index (χ4v) is 1.49. The maximum Gasteiger partial charge on any atom is 0.111 e. The van der Waals surface area contributed by atoms with E-state index in [2.05, 4.69) is 25.9 Å². The van der Waals surface area contributed by atoms with E-state index in [1.54, 1.807) is 12.4 Å². The maximum absolute atomic E-state index is 5.69. The molecule has 0 unspecified atom stereocenters. The lowest BCUT2D eigenvalue weighted by atomic mass is 10.2. The number of fused-ring (bicyclic) bond motifs is 1. The third-order valence-corrected chi connectivity index (χ3v) is 2.72. The van der Waals surface area contributed by atoms with Gasteiger partial charge in [0.2, 0.25) is 0 Å². The first kappa shape index (κ1) is 7.61. The minimum atomic E-state index is 0.695. The van der Waals surface area contributed by atoms with Crippen LogP contribution in [0.3, 0.4) is 0 Å². The van der Waals surface area contributed by atoms with Gasteiger partial charge >= 0.3 is 0 Å². The minimum Gasteiger partial charge on any atom is -0.396 e. The van der Waals surface area contributed by atoms with E-state index >= 15 is 0 Å². The van der Waals surface area contributed by atoms with Gasteiger partial charge in [-0.15, -0.1) is 0 Å². The summed E-state index contributed by atoms with van der Waals surface area (Å²) in [5.41, 5.74) is 9.36. The molecule has 62 valence electrons. The molecule has 0 aliphatic heterocycles. The maximum atomic E-state index is 5.69. The number of pyridine rings is 1. The summed E-state index contributed by atoms with van der Waals surface area (Å²) in [5.74, 6) is 0. The van der Waals surface area contributed by atoms with Crippen molar-refractivity contribution in [2.24, 2.45) is 0 Å². The number of nitrogens with one attached hydrogen (secondary N) is 1. The van der Waals surface area contributed by atoms with Crippen LogP contribution in [0.1, 0.15) is 5.56 Å². The van der Waals surface area contributed by atoms with Crippen molar-refractivity contribution in [2.75, 3.05) is 5.73 Å². The largest absolute Gasteiger partial charge is 0.396 e.